The van der Waals surface area contributed by atoms with Crippen molar-refractivity contribution in [1.29, 1.82) is 0 Å². The van der Waals surface area contributed by atoms with Crippen molar-refractivity contribution in [1.82, 2.24) is 19.4 Å². The van der Waals surface area contributed by atoms with Gasteiger partial charge in [0.15, 0.2) is 0 Å². The lowest BCUT2D eigenvalue weighted by molar-refractivity contribution is -0.131. The van der Waals surface area contributed by atoms with Crippen LogP contribution in [0.5, 0.6) is 5.88 Å². The Morgan fingerprint density at radius 1 is 1.35 bits per heavy atom. The van der Waals surface area contributed by atoms with Gasteiger partial charge in [0.05, 0.1) is 12.7 Å². The molecule has 104 valence electrons. The molecule has 0 aliphatic carbocycles. The van der Waals surface area contributed by atoms with Crippen LogP contribution in [0.25, 0.3) is 0 Å². The van der Waals surface area contributed by atoms with Gasteiger partial charge in [-0.2, -0.15) is 0 Å². The van der Waals surface area contributed by atoms with Crippen LogP contribution in [0.2, 0.25) is 0 Å². The molecular weight excluding hydrogens is 256 g/mol. The van der Waals surface area contributed by atoms with Gasteiger partial charge in [0.1, 0.15) is 12.6 Å². The molecule has 1 fully saturated rings. The van der Waals surface area contributed by atoms with E-state index < -0.39 is 0 Å². The lowest BCUT2D eigenvalue weighted by atomic mass is 10.3. The molecule has 1 aliphatic rings. The molecule has 0 radical (unpaired) electrons. The molecule has 2 aromatic heterocycles. The van der Waals surface area contributed by atoms with E-state index in [4.69, 9.17) is 4.74 Å². The lowest BCUT2D eigenvalue weighted by Gasteiger charge is -2.17. The van der Waals surface area contributed by atoms with Crippen molar-refractivity contribution < 1.29 is 9.53 Å². The molecule has 0 N–H and O–H groups in total. The zero-order valence-corrected chi connectivity index (χ0v) is 11.1. The van der Waals surface area contributed by atoms with E-state index in [0.717, 1.165) is 13.0 Å². The van der Waals surface area contributed by atoms with Gasteiger partial charge in [-0.25, -0.2) is 4.98 Å². The monoisotopic (exact) mass is 272 g/mol. The van der Waals surface area contributed by atoms with E-state index in [1.54, 1.807) is 18.6 Å². The van der Waals surface area contributed by atoms with Crippen LogP contribution < -0.4 is 4.74 Å². The summed E-state index contributed by atoms with van der Waals surface area (Å²) in [5.74, 6) is 0.628. The lowest BCUT2D eigenvalue weighted by Crippen LogP contribution is -2.33. The fourth-order valence-electron chi connectivity index (χ4n) is 2.30. The van der Waals surface area contributed by atoms with Crippen LogP contribution in [0.4, 0.5) is 0 Å². The highest BCUT2D eigenvalue weighted by atomic mass is 16.5. The van der Waals surface area contributed by atoms with Gasteiger partial charge in [-0.15, -0.1) is 0 Å². The summed E-state index contributed by atoms with van der Waals surface area (Å²) in [5.41, 5.74) is 0. The molecule has 2 aromatic rings. The van der Waals surface area contributed by atoms with Crippen LogP contribution in [0.15, 0.2) is 43.1 Å². The highest BCUT2D eigenvalue weighted by Gasteiger charge is 2.27. The predicted octanol–water partition coefficient (Wildman–Crippen LogP) is 0.958. The Labute approximate surface area is 117 Å². The van der Waals surface area contributed by atoms with E-state index in [-0.39, 0.29) is 12.0 Å². The zero-order valence-electron chi connectivity index (χ0n) is 11.1. The van der Waals surface area contributed by atoms with Gasteiger partial charge in [-0.3, -0.25) is 9.78 Å². The van der Waals surface area contributed by atoms with E-state index in [1.165, 1.54) is 0 Å². The molecule has 0 aromatic carbocycles. The number of hydrogen-bond acceptors (Lipinski definition) is 4. The largest absolute Gasteiger partial charge is 0.471 e. The van der Waals surface area contributed by atoms with Crippen LogP contribution in [0.1, 0.15) is 6.42 Å². The minimum absolute atomic E-state index is 0.000289. The Hall–Kier alpha value is -2.37. The van der Waals surface area contributed by atoms with Crippen molar-refractivity contribution in [2.75, 3.05) is 13.1 Å². The maximum absolute atomic E-state index is 12.1. The molecule has 3 rings (SSSR count). The first-order valence-electron chi connectivity index (χ1n) is 6.62. The average Bonchev–Trinajstić information content (AvgIpc) is 3.11. The Morgan fingerprint density at radius 2 is 2.20 bits per heavy atom. The molecule has 1 unspecified atom stereocenters. The van der Waals surface area contributed by atoms with Crippen LogP contribution in [-0.2, 0) is 11.3 Å². The van der Waals surface area contributed by atoms with Crippen LogP contribution >= 0.6 is 0 Å². The number of carbonyl (C=O) groups is 1. The van der Waals surface area contributed by atoms with Gasteiger partial charge in [0.2, 0.25) is 11.8 Å². The fraction of sp³-hybridized carbons (Fsp3) is 0.357. The van der Waals surface area contributed by atoms with E-state index in [0.29, 0.717) is 19.0 Å². The predicted molar refractivity (Wildman–Crippen MR) is 72.1 cm³/mol. The van der Waals surface area contributed by atoms with Gasteiger partial charge >= 0.3 is 0 Å². The molecule has 1 atom stereocenters. The number of hydrogen-bond donors (Lipinski definition) is 0. The highest BCUT2D eigenvalue weighted by molar-refractivity contribution is 5.76. The summed E-state index contributed by atoms with van der Waals surface area (Å²) in [6, 6.07) is 3.83. The van der Waals surface area contributed by atoms with E-state index in [1.807, 2.05) is 34.0 Å². The van der Waals surface area contributed by atoms with E-state index >= 15 is 0 Å². The second-order valence-electron chi connectivity index (χ2n) is 4.77. The van der Waals surface area contributed by atoms with Crippen LogP contribution in [-0.4, -0.2) is 44.5 Å². The number of amides is 1. The second kappa shape index (κ2) is 5.73. The second-order valence-corrected chi connectivity index (χ2v) is 4.77. The SMILES string of the molecule is O=C(Cn1cccc1)N1CCC(Oc2cnccn2)C1. The van der Waals surface area contributed by atoms with Gasteiger partial charge in [-0.1, -0.05) is 0 Å². The van der Waals surface area contributed by atoms with Gasteiger partial charge in [-0.05, 0) is 12.1 Å². The third kappa shape index (κ3) is 2.96. The third-order valence-electron chi connectivity index (χ3n) is 3.31. The van der Waals surface area contributed by atoms with Crippen molar-refractivity contribution >= 4 is 5.91 Å². The Morgan fingerprint density at radius 3 is 2.95 bits per heavy atom. The topological polar surface area (TPSA) is 60.2 Å². The number of aromatic nitrogens is 3. The molecule has 1 aliphatic heterocycles. The summed E-state index contributed by atoms with van der Waals surface area (Å²) in [6.45, 7) is 1.71. The number of ether oxygens (including phenoxy) is 1. The van der Waals surface area contributed by atoms with Gasteiger partial charge < -0.3 is 14.2 Å². The van der Waals surface area contributed by atoms with Crippen LogP contribution in [0, 0.1) is 0 Å². The molecule has 0 spiro atoms. The highest BCUT2D eigenvalue weighted by Crippen LogP contribution is 2.16. The van der Waals surface area contributed by atoms with Crippen molar-refractivity contribution in [2.45, 2.75) is 19.1 Å². The van der Waals surface area contributed by atoms with Gasteiger partial charge in [0.25, 0.3) is 0 Å². The number of carbonyl (C=O) groups excluding carboxylic acids is 1. The number of likely N-dealkylation sites (tertiary alicyclic amines) is 1. The summed E-state index contributed by atoms with van der Waals surface area (Å²) in [5, 5.41) is 0. The summed E-state index contributed by atoms with van der Waals surface area (Å²) >= 11 is 0. The number of rotatable bonds is 4. The standard InChI is InChI=1S/C14H16N4O2/c19-14(11-17-6-1-2-7-17)18-8-3-12(10-18)20-13-9-15-4-5-16-13/h1-2,4-7,9,12H,3,8,10-11H2. The molecule has 0 saturated carbocycles. The molecule has 20 heavy (non-hydrogen) atoms. The molecule has 6 nitrogen and oxygen atoms in total. The van der Waals surface area contributed by atoms with Crippen molar-refractivity contribution in [2.24, 2.45) is 0 Å². The van der Waals surface area contributed by atoms with Crippen molar-refractivity contribution in [3.8, 4) is 5.88 Å². The molecule has 0 bridgehead atoms. The third-order valence-corrected chi connectivity index (χ3v) is 3.31. The Bertz CT molecular complexity index is 556. The Kier molecular flexibility index (Phi) is 3.62. The Balaban J connectivity index is 1.53. The normalized spacial score (nSPS) is 18.2. The summed E-state index contributed by atoms with van der Waals surface area (Å²) in [4.78, 5) is 22.0. The molecule has 1 saturated heterocycles. The first-order chi connectivity index (χ1) is 9.81. The van der Waals surface area contributed by atoms with Crippen molar-refractivity contribution in [3.05, 3.63) is 43.1 Å². The average molecular weight is 272 g/mol. The van der Waals surface area contributed by atoms with Crippen molar-refractivity contribution in [3.63, 3.8) is 0 Å². The number of nitrogens with zero attached hydrogens (tertiary/aromatic N) is 4. The van der Waals surface area contributed by atoms with E-state index in [9.17, 15) is 4.79 Å². The molecular formula is C14H16N4O2. The minimum Gasteiger partial charge on any atom is -0.471 e. The van der Waals surface area contributed by atoms with Crippen LogP contribution in [0.3, 0.4) is 0 Å². The first-order valence-corrected chi connectivity index (χ1v) is 6.62. The van der Waals surface area contributed by atoms with E-state index in [2.05, 4.69) is 9.97 Å². The maximum atomic E-state index is 12.1. The maximum Gasteiger partial charge on any atom is 0.242 e. The smallest absolute Gasteiger partial charge is 0.242 e. The fourth-order valence-corrected chi connectivity index (χ4v) is 2.30. The quantitative estimate of drug-likeness (QED) is 0.831. The molecule has 3 heterocycles. The zero-order chi connectivity index (χ0) is 13.8. The summed E-state index contributed by atoms with van der Waals surface area (Å²) in [6.07, 6.45) is 9.40. The van der Waals surface area contributed by atoms with Gasteiger partial charge in [0, 0.05) is 37.8 Å². The minimum atomic E-state index is 0.000289. The summed E-state index contributed by atoms with van der Waals surface area (Å²) < 4.78 is 7.59. The molecule has 6 heteroatoms. The summed E-state index contributed by atoms with van der Waals surface area (Å²) in [7, 11) is 0. The first kappa shape index (κ1) is 12.7. The molecule has 1 amide bonds.